The van der Waals surface area contributed by atoms with Crippen LogP contribution in [0.2, 0.25) is 0 Å². The summed E-state index contributed by atoms with van der Waals surface area (Å²) in [6.45, 7) is 0.398. The Balaban J connectivity index is 1.80. The molecule has 4 heteroatoms. The van der Waals surface area contributed by atoms with Crippen LogP contribution < -0.4 is 5.32 Å². The van der Waals surface area contributed by atoms with Crippen LogP contribution in [-0.2, 0) is 4.79 Å². The minimum atomic E-state index is -0.834. The van der Waals surface area contributed by atoms with E-state index in [0.717, 1.165) is 0 Å². The Bertz CT molecular complexity index is 449. The van der Waals surface area contributed by atoms with Crippen molar-refractivity contribution >= 4 is 11.9 Å². The normalized spacial score (nSPS) is 14.7. The van der Waals surface area contributed by atoms with Gasteiger partial charge in [0.2, 0.25) is 0 Å². The fraction of sp³-hybridized carbons (Fsp3) is 0.467. The molecule has 0 aliphatic heterocycles. The van der Waals surface area contributed by atoms with E-state index in [0.29, 0.717) is 24.4 Å². The molecule has 19 heavy (non-hydrogen) atoms. The molecule has 0 spiro atoms. The molecule has 2 rings (SSSR count). The molecule has 1 aliphatic rings. The number of hydrogen-bond donors (Lipinski definition) is 2. The van der Waals surface area contributed by atoms with Gasteiger partial charge in [0.1, 0.15) is 0 Å². The Morgan fingerprint density at radius 2 is 1.89 bits per heavy atom. The van der Waals surface area contributed by atoms with Gasteiger partial charge in [-0.1, -0.05) is 18.6 Å². The standard InChI is InChI=1S/C15H19NO3/c17-14(18)5-2-10-16-15(19)13-8-6-12(7-9-13)11-3-1-4-11/h6-9,11H,1-5,10H2,(H,16,19)(H,17,18). The van der Waals surface area contributed by atoms with E-state index in [1.807, 2.05) is 24.3 Å². The smallest absolute Gasteiger partial charge is 0.303 e. The molecule has 2 N–H and O–H groups in total. The summed E-state index contributed by atoms with van der Waals surface area (Å²) >= 11 is 0. The number of carboxylic acids is 1. The third-order valence-electron chi connectivity index (χ3n) is 3.60. The van der Waals surface area contributed by atoms with E-state index in [2.05, 4.69) is 5.32 Å². The van der Waals surface area contributed by atoms with E-state index < -0.39 is 5.97 Å². The molecule has 0 bridgehead atoms. The van der Waals surface area contributed by atoms with Crippen molar-refractivity contribution in [2.45, 2.75) is 38.0 Å². The minimum absolute atomic E-state index is 0.0842. The van der Waals surface area contributed by atoms with Gasteiger partial charge in [-0.3, -0.25) is 9.59 Å². The van der Waals surface area contributed by atoms with E-state index in [1.165, 1.54) is 24.8 Å². The number of benzene rings is 1. The summed E-state index contributed by atoms with van der Waals surface area (Å²) in [4.78, 5) is 22.1. The molecular weight excluding hydrogens is 242 g/mol. The number of carboxylic acid groups (broad SMARTS) is 1. The van der Waals surface area contributed by atoms with Crippen molar-refractivity contribution in [2.24, 2.45) is 0 Å². The third-order valence-corrected chi connectivity index (χ3v) is 3.60. The number of hydrogen-bond acceptors (Lipinski definition) is 2. The fourth-order valence-corrected chi connectivity index (χ4v) is 2.19. The molecule has 0 radical (unpaired) electrons. The second kappa shape index (κ2) is 6.36. The Morgan fingerprint density at radius 1 is 1.21 bits per heavy atom. The number of rotatable bonds is 6. The first-order valence-corrected chi connectivity index (χ1v) is 6.77. The average molecular weight is 261 g/mol. The van der Waals surface area contributed by atoms with E-state index >= 15 is 0 Å². The second-order valence-electron chi connectivity index (χ2n) is 5.00. The molecule has 1 aromatic rings. The Hall–Kier alpha value is -1.84. The first-order valence-electron chi connectivity index (χ1n) is 6.77. The molecule has 1 saturated carbocycles. The van der Waals surface area contributed by atoms with Gasteiger partial charge in [-0.15, -0.1) is 0 Å². The lowest BCUT2D eigenvalue weighted by molar-refractivity contribution is -0.137. The fourth-order valence-electron chi connectivity index (χ4n) is 2.19. The second-order valence-corrected chi connectivity index (χ2v) is 5.00. The molecule has 1 fully saturated rings. The highest BCUT2D eigenvalue weighted by Gasteiger charge is 2.19. The van der Waals surface area contributed by atoms with Crippen LogP contribution in [0.3, 0.4) is 0 Å². The van der Waals surface area contributed by atoms with Crippen LogP contribution in [0.4, 0.5) is 0 Å². The Kier molecular flexibility index (Phi) is 4.55. The largest absolute Gasteiger partial charge is 0.481 e. The van der Waals surface area contributed by atoms with Gasteiger partial charge < -0.3 is 10.4 Å². The molecule has 1 aliphatic carbocycles. The zero-order chi connectivity index (χ0) is 13.7. The third kappa shape index (κ3) is 3.81. The topological polar surface area (TPSA) is 66.4 Å². The minimum Gasteiger partial charge on any atom is -0.481 e. The van der Waals surface area contributed by atoms with Gasteiger partial charge in [-0.25, -0.2) is 0 Å². The maximum absolute atomic E-state index is 11.8. The molecular formula is C15H19NO3. The van der Waals surface area contributed by atoms with E-state index in [1.54, 1.807) is 0 Å². The molecule has 0 atom stereocenters. The van der Waals surface area contributed by atoms with Crippen molar-refractivity contribution in [3.05, 3.63) is 35.4 Å². The van der Waals surface area contributed by atoms with Gasteiger partial charge >= 0.3 is 5.97 Å². The van der Waals surface area contributed by atoms with Crippen LogP contribution >= 0.6 is 0 Å². The van der Waals surface area contributed by atoms with Gasteiger partial charge in [0, 0.05) is 18.5 Å². The van der Waals surface area contributed by atoms with Gasteiger partial charge in [-0.05, 0) is 42.9 Å². The zero-order valence-electron chi connectivity index (χ0n) is 10.9. The summed E-state index contributed by atoms with van der Waals surface area (Å²) in [5, 5.41) is 11.2. The summed E-state index contributed by atoms with van der Waals surface area (Å²) in [6.07, 6.45) is 4.35. The molecule has 1 amide bonds. The van der Waals surface area contributed by atoms with Crippen molar-refractivity contribution in [1.29, 1.82) is 0 Å². The molecule has 0 aromatic heterocycles. The summed E-state index contributed by atoms with van der Waals surface area (Å²) in [6, 6.07) is 7.74. The van der Waals surface area contributed by atoms with Crippen molar-refractivity contribution in [1.82, 2.24) is 5.32 Å². The van der Waals surface area contributed by atoms with Crippen LogP contribution in [0.5, 0.6) is 0 Å². The quantitative estimate of drug-likeness (QED) is 0.773. The maximum atomic E-state index is 11.8. The van der Waals surface area contributed by atoms with Crippen LogP contribution in [0, 0.1) is 0 Å². The highest BCUT2D eigenvalue weighted by molar-refractivity contribution is 5.94. The zero-order valence-corrected chi connectivity index (χ0v) is 10.9. The molecule has 4 nitrogen and oxygen atoms in total. The predicted octanol–water partition coefficient (Wildman–Crippen LogP) is 2.55. The number of carbonyl (C=O) groups excluding carboxylic acids is 1. The monoisotopic (exact) mass is 261 g/mol. The van der Waals surface area contributed by atoms with Crippen LogP contribution in [0.15, 0.2) is 24.3 Å². The summed E-state index contributed by atoms with van der Waals surface area (Å²) in [5.41, 5.74) is 1.95. The summed E-state index contributed by atoms with van der Waals surface area (Å²) in [7, 11) is 0. The first kappa shape index (κ1) is 13.6. The van der Waals surface area contributed by atoms with Crippen LogP contribution in [-0.4, -0.2) is 23.5 Å². The van der Waals surface area contributed by atoms with Crippen molar-refractivity contribution in [3.63, 3.8) is 0 Å². The van der Waals surface area contributed by atoms with E-state index in [4.69, 9.17) is 5.11 Å². The number of carbonyl (C=O) groups is 2. The molecule has 0 unspecified atom stereocenters. The van der Waals surface area contributed by atoms with E-state index in [-0.39, 0.29) is 12.3 Å². The van der Waals surface area contributed by atoms with Crippen LogP contribution in [0.1, 0.15) is 53.9 Å². The summed E-state index contributed by atoms with van der Waals surface area (Å²) < 4.78 is 0. The molecule has 1 aromatic carbocycles. The highest BCUT2D eigenvalue weighted by atomic mass is 16.4. The maximum Gasteiger partial charge on any atom is 0.303 e. The van der Waals surface area contributed by atoms with Crippen molar-refractivity contribution in [2.75, 3.05) is 6.54 Å². The van der Waals surface area contributed by atoms with Crippen LogP contribution in [0.25, 0.3) is 0 Å². The lowest BCUT2D eigenvalue weighted by atomic mass is 9.80. The molecule has 102 valence electrons. The Labute approximate surface area is 112 Å². The average Bonchev–Trinajstić information content (AvgIpc) is 2.33. The van der Waals surface area contributed by atoms with Crippen molar-refractivity contribution < 1.29 is 14.7 Å². The lowest BCUT2D eigenvalue weighted by Gasteiger charge is -2.25. The number of aliphatic carboxylic acids is 1. The molecule has 0 saturated heterocycles. The highest BCUT2D eigenvalue weighted by Crippen LogP contribution is 2.36. The SMILES string of the molecule is O=C(O)CCCNC(=O)c1ccc(C2CCC2)cc1. The van der Waals surface area contributed by atoms with E-state index in [9.17, 15) is 9.59 Å². The van der Waals surface area contributed by atoms with Gasteiger partial charge in [0.05, 0.1) is 0 Å². The predicted molar refractivity (Wildman–Crippen MR) is 72.2 cm³/mol. The lowest BCUT2D eigenvalue weighted by Crippen LogP contribution is -2.24. The first-order chi connectivity index (χ1) is 9.16. The van der Waals surface area contributed by atoms with Crippen molar-refractivity contribution in [3.8, 4) is 0 Å². The molecule has 0 heterocycles. The number of nitrogens with one attached hydrogen (secondary N) is 1. The van der Waals surface area contributed by atoms with Gasteiger partial charge in [0.25, 0.3) is 5.91 Å². The summed E-state index contributed by atoms with van der Waals surface area (Å²) in [5.74, 6) is -0.294. The Morgan fingerprint density at radius 3 is 2.42 bits per heavy atom. The number of amides is 1. The van der Waals surface area contributed by atoms with Gasteiger partial charge in [-0.2, -0.15) is 0 Å². The van der Waals surface area contributed by atoms with Gasteiger partial charge in [0.15, 0.2) is 0 Å².